The number of hydrogen-bond acceptors (Lipinski definition) is 6. The highest BCUT2D eigenvalue weighted by Crippen LogP contribution is 2.28. The topological polar surface area (TPSA) is 93.1 Å². The number of hydrogen-bond donors (Lipinski definition) is 1. The zero-order valence-corrected chi connectivity index (χ0v) is 14.4. The molecule has 0 spiro atoms. The highest BCUT2D eigenvalue weighted by atomic mass is 16.6. The van der Waals surface area contributed by atoms with Gasteiger partial charge in [-0.25, -0.2) is 0 Å². The Morgan fingerprint density at radius 1 is 1.27 bits per heavy atom. The number of likely N-dealkylation sites (N-methyl/N-ethyl adjacent to an activating group) is 1. The first-order chi connectivity index (χ1) is 12.6. The highest BCUT2D eigenvalue weighted by Gasteiger charge is 2.26. The molecule has 26 heavy (non-hydrogen) atoms. The summed E-state index contributed by atoms with van der Waals surface area (Å²) < 4.78 is 6.94. The lowest BCUT2D eigenvalue weighted by Crippen LogP contribution is -2.32. The van der Waals surface area contributed by atoms with Gasteiger partial charge in [0.25, 0.3) is 0 Å². The second-order valence-corrected chi connectivity index (χ2v) is 5.98. The molecular weight excluding hydrogens is 336 g/mol. The standard InChI is InChI=1S/C18H20N4O4/c1-20(11-15(23)13-26-12-14-7-3-2-4-8-14)17-18(22(24)25)21-10-6-5-9-16(21)19-17/h2-10,15,23H,11-13H2,1H3. The van der Waals surface area contributed by atoms with Gasteiger partial charge in [-0.15, -0.1) is 0 Å². The van der Waals surface area contributed by atoms with Crippen LogP contribution in [0.1, 0.15) is 5.56 Å². The largest absolute Gasteiger partial charge is 0.389 e. The van der Waals surface area contributed by atoms with Gasteiger partial charge in [0.15, 0.2) is 0 Å². The van der Waals surface area contributed by atoms with E-state index < -0.39 is 11.0 Å². The second kappa shape index (κ2) is 7.94. The molecule has 1 atom stereocenters. The Hall–Kier alpha value is -2.97. The molecule has 8 nitrogen and oxygen atoms in total. The van der Waals surface area contributed by atoms with Gasteiger partial charge in [0.05, 0.1) is 25.5 Å². The van der Waals surface area contributed by atoms with E-state index in [-0.39, 0.29) is 24.8 Å². The van der Waals surface area contributed by atoms with E-state index in [0.29, 0.717) is 12.3 Å². The van der Waals surface area contributed by atoms with Gasteiger partial charge < -0.3 is 24.9 Å². The van der Waals surface area contributed by atoms with E-state index in [4.69, 9.17) is 4.74 Å². The zero-order chi connectivity index (χ0) is 18.5. The maximum absolute atomic E-state index is 11.4. The molecule has 3 aromatic rings. The molecule has 0 aliphatic rings. The Bertz CT molecular complexity index is 881. The second-order valence-electron chi connectivity index (χ2n) is 5.98. The molecule has 2 heterocycles. The Labute approximate surface area is 150 Å². The van der Waals surface area contributed by atoms with Crippen molar-refractivity contribution in [1.29, 1.82) is 0 Å². The van der Waals surface area contributed by atoms with Gasteiger partial charge in [-0.1, -0.05) is 36.4 Å². The van der Waals surface area contributed by atoms with E-state index in [2.05, 4.69) is 4.98 Å². The molecule has 0 aliphatic heterocycles. The molecule has 1 unspecified atom stereocenters. The Morgan fingerprint density at radius 3 is 2.73 bits per heavy atom. The normalized spacial score (nSPS) is 12.2. The van der Waals surface area contributed by atoms with Crippen LogP contribution < -0.4 is 4.90 Å². The van der Waals surface area contributed by atoms with Crippen LogP contribution in [0.4, 0.5) is 11.6 Å². The minimum atomic E-state index is -0.798. The first-order valence-electron chi connectivity index (χ1n) is 8.18. The SMILES string of the molecule is CN(CC(O)COCc1ccccc1)c1nc2ccccn2c1[N+](=O)[O-]. The number of nitrogens with zero attached hydrogens (tertiary/aromatic N) is 4. The van der Waals surface area contributed by atoms with Gasteiger partial charge in [0.1, 0.15) is 0 Å². The molecule has 0 amide bonds. The van der Waals surface area contributed by atoms with Gasteiger partial charge in [0, 0.05) is 19.7 Å². The molecule has 2 aromatic heterocycles. The average molecular weight is 356 g/mol. The number of aliphatic hydroxyl groups is 1. The molecule has 8 heteroatoms. The Morgan fingerprint density at radius 2 is 2.00 bits per heavy atom. The number of anilines is 1. The maximum Gasteiger partial charge on any atom is 0.372 e. The highest BCUT2D eigenvalue weighted by molar-refractivity contribution is 5.63. The summed E-state index contributed by atoms with van der Waals surface area (Å²) >= 11 is 0. The molecule has 136 valence electrons. The quantitative estimate of drug-likeness (QED) is 0.491. The number of rotatable bonds is 8. The number of benzene rings is 1. The lowest BCUT2D eigenvalue weighted by atomic mass is 10.2. The fraction of sp³-hybridized carbons (Fsp3) is 0.278. The zero-order valence-electron chi connectivity index (χ0n) is 14.4. The van der Waals surface area contributed by atoms with Crippen LogP contribution in [0, 0.1) is 10.1 Å². The molecule has 0 saturated carbocycles. The van der Waals surface area contributed by atoms with Crippen LogP contribution in [0.2, 0.25) is 0 Å². The summed E-state index contributed by atoms with van der Waals surface area (Å²) in [4.78, 5) is 16.9. The molecule has 1 aromatic carbocycles. The average Bonchev–Trinajstić information content (AvgIpc) is 3.02. The van der Waals surface area contributed by atoms with Gasteiger partial charge in [-0.3, -0.25) is 0 Å². The van der Waals surface area contributed by atoms with Crippen molar-refractivity contribution < 1.29 is 14.8 Å². The van der Waals surface area contributed by atoms with E-state index >= 15 is 0 Å². The van der Waals surface area contributed by atoms with E-state index in [1.807, 2.05) is 30.3 Å². The fourth-order valence-electron chi connectivity index (χ4n) is 2.74. The summed E-state index contributed by atoms with van der Waals surface area (Å²) in [6.07, 6.45) is 0.796. The third-order valence-corrected chi connectivity index (χ3v) is 3.93. The minimum Gasteiger partial charge on any atom is -0.389 e. The summed E-state index contributed by atoms with van der Waals surface area (Å²) in [5.41, 5.74) is 1.50. The number of aromatic nitrogens is 2. The number of nitro groups is 1. The number of imidazole rings is 1. The lowest BCUT2D eigenvalue weighted by molar-refractivity contribution is -0.389. The van der Waals surface area contributed by atoms with Crippen LogP contribution in [0.25, 0.3) is 5.65 Å². The third kappa shape index (κ3) is 3.98. The first-order valence-corrected chi connectivity index (χ1v) is 8.18. The molecule has 0 saturated heterocycles. The molecule has 0 bridgehead atoms. The monoisotopic (exact) mass is 356 g/mol. The molecular formula is C18H20N4O4. The molecule has 0 radical (unpaired) electrons. The van der Waals surface area contributed by atoms with Crippen LogP contribution in [0.5, 0.6) is 0 Å². The van der Waals surface area contributed by atoms with Crippen molar-refractivity contribution in [2.24, 2.45) is 0 Å². The van der Waals surface area contributed by atoms with Gasteiger partial charge in [-0.05, 0) is 16.6 Å². The van der Waals surface area contributed by atoms with Gasteiger partial charge in [-0.2, -0.15) is 9.38 Å². The van der Waals surface area contributed by atoms with E-state index in [1.54, 1.807) is 36.3 Å². The van der Waals surface area contributed by atoms with Crippen molar-refractivity contribution in [2.75, 3.05) is 25.1 Å². The van der Waals surface area contributed by atoms with Crippen LogP contribution in [-0.2, 0) is 11.3 Å². The van der Waals surface area contributed by atoms with E-state index in [9.17, 15) is 15.2 Å². The van der Waals surface area contributed by atoms with Crippen molar-refractivity contribution in [3.05, 3.63) is 70.4 Å². The molecule has 3 rings (SSSR count). The van der Waals surface area contributed by atoms with E-state index in [1.165, 1.54) is 4.40 Å². The Balaban J connectivity index is 1.64. The van der Waals surface area contributed by atoms with Crippen molar-refractivity contribution in [2.45, 2.75) is 12.7 Å². The van der Waals surface area contributed by atoms with E-state index in [0.717, 1.165) is 5.56 Å². The first kappa shape index (κ1) is 17.8. The van der Waals surface area contributed by atoms with Crippen LogP contribution in [0.3, 0.4) is 0 Å². The lowest BCUT2D eigenvalue weighted by Gasteiger charge is -2.20. The number of aliphatic hydroxyl groups excluding tert-OH is 1. The number of fused-ring (bicyclic) bond motifs is 1. The predicted octanol–water partition coefficient (Wildman–Crippen LogP) is 2.26. The van der Waals surface area contributed by atoms with Crippen LogP contribution in [-0.4, -0.2) is 45.7 Å². The maximum atomic E-state index is 11.4. The summed E-state index contributed by atoms with van der Waals surface area (Å²) in [7, 11) is 1.66. The third-order valence-electron chi connectivity index (χ3n) is 3.93. The van der Waals surface area contributed by atoms with Crippen molar-refractivity contribution in [3.8, 4) is 0 Å². The number of ether oxygens (including phenoxy) is 1. The summed E-state index contributed by atoms with van der Waals surface area (Å²) in [6, 6.07) is 14.8. The van der Waals surface area contributed by atoms with Crippen molar-refractivity contribution in [1.82, 2.24) is 9.38 Å². The van der Waals surface area contributed by atoms with Crippen LogP contribution in [0.15, 0.2) is 54.7 Å². The smallest absolute Gasteiger partial charge is 0.372 e. The van der Waals surface area contributed by atoms with Crippen molar-refractivity contribution >= 4 is 17.3 Å². The van der Waals surface area contributed by atoms with Gasteiger partial charge >= 0.3 is 5.82 Å². The summed E-state index contributed by atoms with van der Waals surface area (Å²) in [5.74, 6) is 0.0869. The van der Waals surface area contributed by atoms with Crippen LogP contribution >= 0.6 is 0 Å². The summed E-state index contributed by atoms with van der Waals surface area (Å²) in [6.45, 7) is 0.691. The fourth-order valence-corrected chi connectivity index (χ4v) is 2.74. The minimum absolute atomic E-state index is 0.125. The molecule has 1 N–H and O–H groups in total. The molecule has 0 aliphatic carbocycles. The predicted molar refractivity (Wildman–Crippen MR) is 97.2 cm³/mol. The molecule has 0 fully saturated rings. The number of pyridine rings is 1. The Kier molecular flexibility index (Phi) is 5.45. The van der Waals surface area contributed by atoms with Gasteiger partial charge in [0.2, 0.25) is 11.5 Å². The summed E-state index contributed by atoms with van der Waals surface area (Å²) in [5, 5.41) is 21.6. The van der Waals surface area contributed by atoms with Crippen molar-refractivity contribution in [3.63, 3.8) is 0 Å².